The van der Waals surface area contributed by atoms with E-state index >= 15 is 0 Å². The van der Waals surface area contributed by atoms with E-state index in [0.29, 0.717) is 5.92 Å². The highest BCUT2D eigenvalue weighted by molar-refractivity contribution is 5.96. The summed E-state index contributed by atoms with van der Waals surface area (Å²) in [7, 11) is 0. The molecule has 0 radical (unpaired) electrons. The van der Waals surface area contributed by atoms with Crippen molar-refractivity contribution in [3.8, 4) is 0 Å². The minimum atomic E-state index is -0.293. The number of para-hydroxylation sites is 1. The number of amides is 2. The number of carbonyl (C=O) groups excluding carboxylic acids is 2. The molecule has 3 aromatic rings. The van der Waals surface area contributed by atoms with Gasteiger partial charge in [0.05, 0.1) is 12.6 Å². The maximum absolute atomic E-state index is 12.7. The summed E-state index contributed by atoms with van der Waals surface area (Å²) in [5.41, 5.74) is 3.67. The SMILES string of the molecule is Cc1cccc(C)c1NC(=O)CNC(=O)C(C)N1CCC(c2nnc3ccccn23)CC1. The van der Waals surface area contributed by atoms with Gasteiger partial charge in [-0.1, -0.05) is 24.3 Å². The molecule has 1 aromatic carbocycles. The molecule has 1 fully saturated rings. The number of fused-ring (bicyclic) bond motifs is 1. The van der Waals surface area contributed by atoms with Gasteiger partial charge in [-0.25, -0.2) is 0 Å². The predicted octanol–water partition coefficient (Wildman–Crippen LogP) is 2.67. The smallest absolute Gasteiger partial charge is 0.243 e. The van der Waals surface area contributed by atoms with Crippen molar-refractivity contribution in [3.05, 3.63) is 59.5 Å². The molecule has 0 aliphatic carbocycles. The van der Waals surface area contributed by atoms with Gasteiger partial charge >= 0.3 is 0 Å². The molecule has 1 unspecified atom stereocenters. The van der Waals surface area contributed by atoms with Gasteiger partial charge in [0.25, 0.3) is 0 Å². The van der Waals surface area contributed by atoms with E-state index in [-0.39, 0.29) is 24.4 Å². The van der Waals surface area contributed by atoms with Gasteiger partial charge in [-0.05, 0) is 70.0 Å². The first-order valence-electron chi connectivity index (χ1n) is 11.1. The van der Waals surface area contributed by atoms with Gasteiger partial charge in [0.15, 0.2) is 5.65 Å². The Morgan fingerprint density at radius 1 is 1.06 bits per heavy atom. The normalized spacial score (nSPS) is 16.1. The van der Waals surface area contributed by atoms with Crippen molar-refractivity contribution < 1.29 is 9.59 Å². The predicted molar refractivity (Wildman–Crippen MR) is 124 cm³/mol. The summed E-state index contributed by atoms with van der Waals surface area (Å²) in [6, 6.07) is 11.5. The Morgan fingerprint density at radius 3 is 2.50 bits per heavy atom. The Kier molecular flexibility index (Phi) is 6.50. The van der Waals surface area contributed by atoms with Gasteiger partial charge in [-0.3, -0.25) is 18.9 Å². The van der Waals surface area contributed by atoms with Crippen molar-refractivity contribution in [2.24, 2.45) is 0 Å². The van der Waals surface area contributed by atoms with Crippen LogP contribution in [0.15, 0.2) is 42.6 Å². The van der Waals surface area contributed by atoms with Crippen LogP contribution in [0, 0.1) is 13.8 Å². The number of nitrogens with one attached hydrogen (secondary N) is 2. The number of carbonyl (C=O) groups is 2. The first kappa shape index (κ1) is 22.0. The van der Waals surface area contributed by atoms with Crippen molar-refractivity contribution in [1.29, 1.82) is 0 Å². The van der Waals surface area contributed by atoms with Crippen molar-refractivity contribution in [2.75, 3.05) is 25.0 Å². The lowest BCUT2D eigenvalue weighted by molar-refractivity contribution is -0.128. The van der Waals surface area contributed by atoms with Crippen LogP contribution in [0.4, 0.5) is 5.69 Å². The number of benzene rings is 1. The molecule has 2 amide bonds. The van der Waals surface area contributed by atoms with Crippen molar-refractivity contribution in [2.45, 2.75) is 45.6 Å². The summed E-state index contributed by atoms with van der Waals surface area (Å²) >= 11 is 0. The number of aromatic nitrogens is 3. The van der Waals surface area contributed by atoms with E-state index < -0.39 is 0 Å². The molecule has 0 saturated carbocycles. The molecule has 3 heterocycles. The van der Waals surface area contributed by atoms with Gasteiger partial charge in [-0.15, -0.1) is 10.2 Å². The lowest BCUT2D eigenvalue weighted by Crippen LogP contribution is -2.49. The number of aryl methyl sites for hydroxylation is 2. The van der Waals surface area contributed by atoms with Crippen molar-refractivity contribution in [3.63, 3.8) is 0 Å². The summed E-state index contributed by atoms with van der Waals surface area (Å²) in [6.45, 7) is 7.36. The van der Waals surface area contributed by atoms with E-state index in [1.165, 1.54) is 0 Å². The maximum atomic E-state index is 12.7. The number of rotatable bonds is 6. The quantitative estimate of drug-likeness (QED) is 0.622. The summed E-state index contributed by atoms with van der Waals surface area (Å²) in [6.07, 6.45) is 3.83. The third kappa shape index (κ3) is 4.65. The van der Waals surface area contributed by atoms with Crippen LogP contribution in [0.1, 0.15) is 42.6 Å². The molecule has 2 aromatic heterocycles. The van der Waals surface area contributed by atoms with Crippen LogP contribution < -0.4 is 10.6 Å². The molecular formula is C24H30N6O2. The number of anilines is 1. The van der Waals surface area contributed by atoms with E-state index in [2.05, 4.69) is 25.7 Å². The third-order valence-corrected chi connectivity index (χ3v) is 6.33. The summed E-state index contributed by atoms with van der Waals surface area (Å²) in [5, 5.41) is 14.3. The van der Waals surface area contributed by atoms with Gasteiger partial charge < -0.3 is 10.6 Å². The number of pyridine rings is 1. The van der Waals surface area contributed by atoms with Gasteiger partial charge in [0, 0.05) is 17.8 Å². The second-order valence-corrected chi connectivity index (χ2v) is 8.51. The minimum absolute atomic E-state index is 0.0425. The van der Waals surface area contributed by atoms with Crippen LogP contribution in [-0.4, -0.2) is 57.0 Å². The Bertz CT molecular complexity index is 1100. The topological polar surface area (TPSA) is 91.6 Å². The highest BCUT2D eigenvalue weighted by Crippen LogP contribution is 2.28. The van der Waals surface area contributed by atoms with Crippen LogP contribution in [-0.2, 0) is 9.59 Å². The Balaban J connectivity index is 1.27. The molecule has 1 aliphatic heterocycles. The van der Waals surface area contributed by atoms with Gasteiger partial charge in [0.2, 0.25) is 11.8 Å². The third-order valence-electron chi connectivity index (χ3n) is 6.33. The molecular weight excluding hydrogens is 404 g/mol. The number of hydrogen-bond donors (Lipinski definition) is 2. The lowest BCUT2D eigenvalue weighted by Gasteiger charge is -2.34. The second kappa shape index (κ2) is 9.48. The molecule has 8 heteroatoms. The highest BCUT2D eigenvalue weighted by atomic mass is 16.2. The maximum Gasteiger partial charge on any atom is 0.243 e. The average Bonchev–Trinajstić information content (AvgIpc) is 3.24. The first-order chi connectivity index (χ1) is 15.4. The zero-order valence-electron chi connectivity index (χ0n) is 18.8. The molecule has 1 aliphatic rings. The second-order valence-electron chi connectivity index (χ2n) is 8.51. The molecule has 2 N–H and O–H groups in total. The average molecular weight is 435 g/mol. The van der Waals surface area contributed by atoms with Gasteiger partial charge in [-0.2, -0.15) is 0 Å². The largest absolute Gasteiger partial charge is 0.346 e. The number of hydrogen-bond acceptors (Lipinski definition) is 5. The van der Waals surface area contributed by atoms with Crippen LogP contribution >= 0.6 is 0 Å². The van der Waals surface area contributed by atoms with E-state index in [1.807, 2.05) is 67.8 Å². The number of nitrogens with zero attached hydrogens (tertiary/aromatic N) is 4. The van der Waals surface area contributed by atoms with E-state index in [1.54, 1.807) is 0 Å². The zero-order valence-corrected chi connectivity index (χ0v) is 18.8. The molecule has 0 spiro atoms. The molecule has 168 valence electrons. The summed E-state index contributed by atoms with van der Waals surface area (Å²) in [5.74, 6) is 0.955. The van der Waals surface area contributed by atoms with Crippen molar-refractivity contribution >= 4 is 23.1 Å². The van der Waals surface area contributed by atoms with Crippen LogP contribution in [0.3, 0.4) is 0 Å². The van der Waals surface area contributed by atoms with E-state index in [4.69, 9.17) is 0 Å². The summed E-state index contributed by atoms with van der Waals surface area (Å²) < 4.78 is 2.05. The molecule has 0 bridgehead atoms. The Hall–Kier alpha value is -3.26. The van der Waals surface area contributed by atoms with Gasteiger partial charge in [0.1, 0.15) is 5.82 Å². The lowest BCUT2D eigenvalue weighted by atomic mass is 9.95. The van der Waals surface area contributed by atoms with E-state index in [9.17, 15) is 9.59 Å². The van der Waals surface area contributed by atoms with E-state index in [0.717, 1.165) is 54.2 Å². The van der Waals surface area contributed by atoms with Crippen LogP contribution in [0.25, 0.3) is 5.65 Å². The minimum Gasteiger partial charge on any atom is -0.346 e. The first-order valence-corrected chi connectivity index (χ1v) is 11.1. The van der Waals surface area contributed by atoms with Crippen LogP contribution in [0.2, 0.25) is 0 Å². The molecule has 8 nitrogen and oxygen atoms in total. The standard InChI is InChI=1S/C24H30N6O2/c1-16-7-6-8-17(2)22(16)26-21(31)15-25-24(32)18(3)29-13-10-19(11-14-29)23-28-27-20-9-4-5-12-30(20)23/h4-9,12,18-19H,10-11,13-15H2,1-3H3,(H,25,32)(H,26,31). The zero-order chi connectivity index (χ0) is 22.7. The molecule has 32 heavy (non-hydrogen) atoms. The Morgan fingerprint density at radius 2 is 1.78 bits per heavy atom. The summed E-state index contributed by atoms with van der Waals surface area (Å²) in [4.78, 5) is 27.2. The fraction of sp³-hybridized carbons (Fsp3) is 0.417. The van der Waals surface area contributed by atoms with Crippen LogP contribution in [0.5, 0.6) is 0 Å². The molecule has 1 saturated heterocycles. The monoisotopic (exact) mass is 434 g/mol. The van der Waals surface area contributed by atoms with Crippen molar-refractivity contribution in [1.82, 2.24) is 24.8 Å². The fourth-order valence-corrected chi connectivity index (χ4v) is 4.36. The Labute approximate surface area is 188 Å². The number of piperidine rings is 1. The highest BCUT2D eigenvalue weighted by Gasteiger charge is 2.29. The fourth-order valence-electron chi connectivity index (χ4n) is 4.36. The molecule has 4 rings (SSSR count). The molecule has 1 atom stereocenters. The number of likely N-dealkylation sites (tertiary alicyclic amines) is 1.